The summed E-state index contributed by atoms with van der Waals surface area (Å²) in [6.07, 6.45) is 3.06. The summed E-state index contributed by atoms with van der Waals surface area (Å²) in [5.74, 6) is 2.08. The van der Waals surface area contributed by atoms with E-state index in [0.717, 1.165) is 37.2 Å². The number of hydrogen-bond acceptors (Lipinski definition) is 4. The van der Waals surface area contributed by atoms with Gasteiger partial charge in [-0.1, -0.05) is 25.1 Å². The first-order chi connectivity index (χ1) is 9.22. The van der Waals surface area contributed by atoms with Crippen molar-refractivity contribution in [1.29, 1.82) is 0 Å². The van der Waals surface area contributed by atoms with Crippen LogP contribution in [0.15, 0.2) is 22.7 Å². The van der Waals surface area contributed by atoms with E-state index >= 15 is 0 Å². The van der Waals surface area contributed by atoms with Crippen LogP contribution in [0.1, 0.15) is 31.7 Å². The molecule has 0 aliphatic carbocycles. The highest BCUT2D eigenvalue weighted by atomic mass is 16.5. The molecule has 19 heavy (non-hydrogen) atoms. The third kappa shape index (κ3) is 2.62. The summed E-state index contributed by atoms with van der Waals surface area (Å²) in [5.41, 5.74) is 3.55. The van der Waals surface area contributed by atoms with Crippen molar-refractivity contribution in [3.8, 4) is 11.5 Å². The molecule has 2 aromatic rings. The van der Waals surface area contributed by atoms with E-state index in [2.05, 4.69) is 47.5 Å². The van der Waals surface area contributed by atoms with Crippen molar-refractivity contribution < 1.29 is 4.52 Å². The summed E-state index contributed by atoms with van der Waals surface area (Å²) in [7, 11) is 0. The Morgan fingerprint density at radius 3 is 3.11 bits per heavy atom. The Morgan fingerprint density at radius 1 is 1.37 bits per heavy atom. The van der Waals surface area contributed by atoms with Gasteiger partial charge in [0.2, 0.25) is 0 Å². The Labute approximate surface area is 113 Å². The average molecular weight is 257 g/mol. The number of nitrogens with one attached hydrogen (secondary N) is 1. The lowest BCUT2D eigenvalue weighted by Gasteiger charge is -2.01. The molecule has 0 atom stereocenters. The SMILES string of the molecule is CC(C)CCc1noc(-c2ccc3c(c2)NCC3)n1. The first-order valence-corrected chi connectivity index (χ1v) is 6.92. The molecule has 0 fully saturated rings. The Bertz CT molecular complexity index is 575. The Balaban J connectivity index is 1.79. The molecule has 1 aromatic carbocycles. The highest BCUT2D eigenvalue weighted by molar-refractivity contribution is 5.66. The average Bonchev–Trinajstić information content (AvgIpc) is 3.04. The second-order valence-electron chi connectivity index (χ2n) is 5.50. The Morgan fingerprint density at radius 2 is 2.26 bits per heavy atom. The van der Waals surface area contributed by atoms with Crippen LogP contribution in [-0.2, 0) is 12.8 Å². The van der Waals surface area contributed by atoms with Gasteiger partial charge in [-0.15, -0.1) is 0 Å². The largest absolute Gasteiger partial charge is 0.384 e. The second kappa shape index (κ2) is 5.03. The zero-order valence-electron chi connectivity index (χ0n) is 11.4. The topological polar surface area (TPSA) is 51.0 Å². The van der Waals surface area contributed by atoms with Gasteiger partial charge in [0, 0.05) is 24.2 Å². The predicted molar refractivity (Wildman–Crippen MR) is 75.1 cm³/mol. The molecule has 0 saturated heterocycles. The summed E-state index contributed by atoms with van der Waals surface area (Å²) in [4.78, 5) is 4.47. The summed E-state index contributed by atoms with van der Waals surface area (Å²) >= 11 is 0. The van der Waals surface area contributed by atoms with Gasteiger partial charge in [-0.2, -0.15) is 4.98 Å². The van der Waals surface area contributed by atoms with E-state index in [0.29, 0.717) is 11.8 Å². The number of benzene rings is 1. The molecule has 1 aliphatic heterocycles. The van der Waals surface area contributed by atoms with Gasteiger partial charge in [0.15, 0.2) is 5.82 Å². The molecule has 0 radical (unpaired) electrons. The van der Waals surface area contributed by atoms with Crippen molar-refractivity contribution in [3.05, 3.63) is 29.6 Å². The molecule has 1 aliphatic rings. The van der Waals surface area contributed by atoms with Gasteiger partial charge in [0.25, 0.3) is 5.89 Å². The minimum atomic E-state index is 0.621. The van der Waals surface area contributed by atoms with Crippen molar-refractivity contribution in [2.75, 3.05) is 11.9 Å². The van der Waals surface area contributed by atoms with Crippen LogP contribution in [0.25, 0.3) is 11.5 Å². The molecule has 1 aromatic heterocycles. The molecule has 4 nitrogen and oxygen atoms in total. The van der Waals surface area contributed by atoms with E-state index in [4.69, 9.17) is 4.52 Å². The third-order valence-corrected chi connectivity index (χ3v) is 3.48. The molecule has 0 saturated carbocycles. The summed E-state index contributed by atoms with van der Waals surface area (Å²) in [5, 5.41) is 7.42. The maximum atomic E-state index is 5.35. The number of hydrogen-bond donors (Lipinski definition) is 1. The van der Waals surface area contributed by atoms with Crippen LogP contribution in [-0.4, -0.2) is 16.7 Å². The van der Waals surface area contributed by atoms with Crippen LogP contribution in [0, 0.1) is 5.92 Å². The van der Waals surface area contributed by atoms with Gasteiger partial charge < -0.3 is 9.84 Å². The minimum absolute atomic E-state index is 0.621. The van der Waals surface area contributed by atoms with E-state index in [-0.39, 0.29) is 0 Å². The second-order valence-corrected chi connectivity index (χ2v) is 5.50. The highest BCUT2D eigenvalue weighted by Gasteiger charge is 2.14. The zero-order chi connectivity index (χ0) is 13.2. The van der Waals surface area contributed by atoms with E-state index in [1.165, 1.54) is 11.3 Å². The lowest BCUT2D eigenvalue weighted by molar-refractivity contribution is 0.419. The number of nitrogens with zero attached hydrogens (tertiary/aromatic N) is 2. The summed E-state index contributed by atoms with van der Waals surface area (Å²) < 4.78 is 5.35. The maximum absolute atomic E-state index is 5.35. The van der Waals surface area contributed by atoms with Crippen LogP contribution in [0.5, 0.6) is 0 Å². The van der Waals surface area contributed by atoms with Gasteiger partial charge in [-0.3, -0.25) is 0 Å². The standard InChI is InChI=1S/C15H19N3O/c1-10(2)3-6-14-17-15(19-18-14)12-5-4-11-7-8-16-13(11)9-12/h4-5,9-10,16H,3,6-8H2,1-2H3. The van der Waals surface area contributed by atoms with Crippen LogP contribution in [0.3, 0.4) is 0 Å². The molecule has 0 bridgehead atoms. The van der Waals surface area contributed by atoms with Crippen molar-refractivity contribution in [1.82, 2.24) is 10.1 Å². The first-order valence-electron chi connectivity index (χ1n) is 6.92. The van der Waals surface area contributed by atoms with Crippen LogP contribution >= 0.6 is 0 Å². The van der Waals surface area contributed by atoms with Gasteiger partial charge >= 0.3 is 0 Å². The van der Waals surface area contributed by atoms with Gasteiger partial charge in [0.1, 0.15) is 0 Å². The molecule has 2 heterocycles. The van der Waals surface area contributed by atoms with E-state index in [1.54, 1.807) is 0 Å². The van der Waals surface area contributed by atoms with E-state index in [1.807, 2.05) is 0 Å². The molecule has 100 valence electrons. The molecular formula is C15H19N3O. The Hall–Kier alpha value is -1.84. The zero-order valence-corrected chi connectivity index (χ0v) is 11.4. The van der Waals surface area contributed by atoms with Gasteiger partial charge in [-0.05, 0) is 36.5 Å². The minimum Gasteiger partial charge on any atom is -0.384 e. The smallest absolute Gasteiger partial charge is 0.257 e. The highest BCUT2D eigenvalue weighted by Crippen LogP contribution is 2.28. The van der Waals surface area contributed by atoms with E-state index in [9.17, 15) is 0 Å². The van der Waals surface area contributed by atoms with Crippen molar-refractivity contribution in [2.45, 2.75) is 33.1 Å². The third-order valence-electron chi connectivity index (χ3n) is 3.48. The molecule has 4 heteroatoms. The molecule has 3 rings (SSSR count). The number of rotatable bonds is 4. The maximum Gasteiger partial charge on any atom is 0.257 e. The summed E-state index contributed by atoms with van der Waals surface area (Å²) in [6, 6.07) is 6.30. The van der Waals surface area contributed by atoms with Crippen LogP contribution in [0.2, 0.25) is 0 Å². The lowest BCUT2D eigenvalue weighted by Crippen LogP contribution is -1.94. The van der Waals surface area contributed by atoms with Gasteiger partial charge in [-0.25, -0.2) is 0 Å². The Kier molecular flexibility index (Phi) is 3.23. The summed E-state index contributed by atoms with van der Waals surface area (Å²) in [6.45, 7) is 5.42. The predicted octanol–water partition coefficient (Wildman–Crippen LogP) is 3.29. The number of aryl methyl sites for hydroxylation is 1. The van der Waals surface area contributed by atoms with Crippen molar-refractivity contribution in [2.24, 2.45) is 5.92 Å². The van der Waals surface area contributed by atoms with Gasteiger partial charge in [0.05, 0.1) is 0 Å². The van der Waals surface area contributed by atoms with E-state index < -0.39 is 0 Å². The van der Waals surface area contributed by atoms with Crippen molar-refractivity contribution in [3.63, 3.8) is 0 Å². The fourth-order valence-electron chi connectivity index (χ4n) is 2.31. The van der Waals surface area contributed by atoms with Crippen molar-refractivity contribution >= 4 is 5.69 Å². The lowest BCUT2D eigenvalue weighted by atomic mass is 10.1. The number of fused-ring (bicyclic) bond motifs is 1. The molecule has 0 spiro atoms. The number of aromatic nitrogens is 2. The van der Waals surface area contributed by atoms with Crippen LogP contribution in [0.4, 0.5) is 5.69 Å². The fourth-order valence-corrected chi connectivity index (χ4v) is 2.31. The normalized spacial score (nSPS) is 13.6. The molecular weight excluding hydrogens is 238 g/mol. The molecule has 0 amide bonds. The number of anilines is 1. The monoisotopic (exact) mass is 257 g/mol. The van der Waals surface area contributed by atoms with Crippen LogP contribution < -0.4 is 5.32 Å². The fraction of sp³-hybridized carbons (Fsp3) is 0.467. The molecule has 1 N–H and O–H groups in total. The molecule has 0 unspecified atom stereocenters. The quantitative estimate of drug-likeness (QED) is 0.913. The first kappa shape index (κ1) is 12.2.